The Morgan fingerprint density at radius 1 is 1.31 bits per heavy atom. The Balaban J connectivity index is 1.63. The van der Waals surface area contributed by atoms with Gasteiger partial charge in [-0.2, -0.15) is 0 Å². The van der Waals surface area contributed by atoms with Crippen molar-refractivity contribution >= 4 is 29.1 Å². The Kier molecular flexibility index (Phi) is 5.01. The molecule has 0 spiro atoms. The molecule has 1 aromatic heterocycles. The van der Waals surface area contributed by atoms with Gasteiger partial charge in [-0.15, -0.1) is 0 Å². The van der Waals surface area contributed by atoms with Crippen LogP contribution in [-0.4, -0.2) is 29.2 Å². The summed E-state index contributed by atoms with van der Waals surface area (Å²) in [6, 6.07) is 7.40. The number of halogens is 1. The van der Waals surface area contributed by atoms with Gasteiger partial charge in [0, 0.05) is 25.6 Å². The van der Waals surface area contributed by atoms with Crippen molar-refractivity contribution in [2.45, 2.75) is 19.9 Å². The van der Waals surface area contributed by atoms with E-state index in [4.69, 9.17) is 4.42 Å². The van der Waals surface area contributed by atoms with Crippen molar-refractivity contribution in [2.24, 2.45) is 5.92 Å². The Bertz CT molecular complexity index is 835. The molecule has 1 aromatic carbocycles. The van der Waals surface area contributed by atoms with E-state index in [2.05, 4.69) is 10.6 Å². The van der Waals surface area contributed by atoms with E-state index < -0.39 is 17.6 Å². The minimum Gasteiger partial charge on any atom is -0.467 e. The highest BCUT2D eigenvalue weighted by Crippen LogP contribution is 2.24. The maximum atomic E-state index is 13.7. The number of anilines is 2. The van der Waals surface area contributed by atoms with Gasteiger partial charge in [0.15, 0.2) is 0 Å². The molecule has 1 fully saturated rings. The standard InChI is InChI=1S/C18H18FN3O4/c1-11(23)20-16-8-13(4-5-15(16)19)21-18(25)12-7-17(24)22(9-12)10-14-3-2-6-26-14/h2-6,8,12H,7,9-10H2,1H3,(H,20,23)(H,21,25). The molecule has 1 aliphatic heterocycles. The second kappa shape index (κ2) is 7.38. The monoisotopic (exact) mass is 359 g/mol. The fourth-order valence-corrected chi connectivity index (χ4v) is 2.82. The predicted octanol–water partition coefficient (Wildman–Crippen LogP) is 2.36. The molecular weight excluding hydrogens is 341 g/mol. The largest absolute Gasteiger partial charge is 0.467 e. The molecule has 0 bridgehead atoms. The minimum atomic E-state index is -0.598. The molecule has 0 saturated carbocycles. The van der Waals surface area contributed by atoms with Crippen LogP contribution in [0.1, 0.15) is 19.1 Å². The first kappa shape index (κ1) is 17.7. The molecule has 1 atom stereocenters. The molecule has 1 saturated heterocycles. The van der Waals surface area contributed by atoms with E-state index in [1.807, 2.05) is 0 Å². The van der Waals surface area contributed by atoms with Crippen molar-refractivity contribution in [3.8, 4) is 0 Å². The summed E-state index contributed by atoms with van der Waals surface area (Å²) in [4.78, 5) is 37.2. The molecule has 1 aliphatic rings. The van der Waals surface area contributed by atoms with E-state index in [9.17, 15) is 18.8 Å². The number of carbonyl (C=O) groups excluding carboxylic acids is 3. The van der Waals surface area contributed by atoms with Crippen LogP contribution >= 0.6 is 0 Å². The number of amides is 3. The first-order valence-corrected chi connectivity index (χ1v) is 8.10. The molecule has 2 heterocycles. The van der Waals surface area contributed by atoms with Gasteiger partial charge in [0.05, 0.1) is 24.4 Å². The van der Waals surface area contributed by atoms with Crippen molar-refractivity contribution in [3.63, 3.8) is 0 Å². The molecule has 8 heteroatoms. The zero-order chi connectivity index (χ0) is 18.7. The van der Waals surface area contributed by atoms with Gasteiger partial charge in [0.2, 0.25) is 17.7 Å². The number of furan rings is 1. The van der Waals surface area contributed by atoms with E-state index in [1.165, 1.54) is 25.3 Å². The lowest BCUT2D eigenvalue weighted by Gasteiger charge is -2.15. The van der Waals surface area contributed by atoms with E-state index >= 15 is 0 Å². The molecule has 7 nitrogen and oxygen atoms in total. The summed E-state index contributed by atoms with van der Waals surface area (Å²) in [5.41, 5.74) is 0.328. The van der Waals surface area contributed by atoms with Crippen LogP contribution in [0.3, 0.4) is 0 Å². The summed E-state index contributed by atoms with van der Waals surface area (Å²) in [5, 5.41) is 5.02. The number of nitrogens with zero attached hydrogens (tertiary/aromatic N) is 1. The normalized spacial score (nSPS) is 16.6. The Morgan fingerprint density at radius 3 is 2.81 bits per heavy atom. The van der Waals surface area contributed by atoms with Crippen LogP contribution in [0.15, 0.2) is 41.0 Å². The van der Waals surface area contributed by atoms with Crippen LogP contribution in [0.2, 0.25) is 0 Å². The highest BCUT2D eigenvalue weighted by molar-refractivity contribution is 5.98. The second-order valence-corrected chi connectivity index (χ2v) is 6.12. The highest BCUT2D eigenvalue weighted by Gasteiger charge is 2.34. The van der Waals surface area contributed by atoms with Gasteiger partial charge in [-0.25, -0.2) is 4.39 Å². The molecule has 3 rings (SSSR count). The lowest BCUT2D eigenvalue weighted by molar-refractivity contribution is -0.128. The van der Waals surface area contributed by atoms with E-state index in [0.717, 1.165) is 6.07 Å². The second-order valence-electron chi connectivity index (χ2n) is 6.12. The SMILES string of the molecule is CC(=O)Nc1cc(NC(=O)C2CC(=O)N(Cc3ccco3)C2)ccc1F. The summed E-state index contributed by atoms with van der Waals surface area (Å²) >= 11 is 0. The fourth-order valence-electron chi connectivity index (χ4n) is 2.82. The molecule has 2 N–H and O–H groups in total. The third kappa shape index (κ3) is 4.08. The number of nitrogens with one attached hydrogen (secondary N) is 2. The Morgan fingerprint density at radius 2 is 2.12 bits per heavy atom. The van der Waals surface area contributed by atoms with Crippen molar-refractivity contribution in [1.29, 1.82) is 0 Å². The molecule has 0 aliphatic carbocycles. The van der Waals surface area contributed by atoms with Crippen LogP contribution in [0.25, 0.3) is 0 Å². The summed E-state index contributed by atoms with van der Waals surface area (Å²) in [7, 11) is 0. The Hall–Kier alpha value is -3.16. The van der Waals surface area contributed by atoms with Gasteiger partial charge in [0.1, 0.15) is 11.6 Å². The third-order valence-electron chi connectivity index (χ3n) is 4.06. The number of hydrogen-bond donors (Lipinski definition) is 2. The summed E-state index contributed by atoms with van der Waals surface area (Å²) in [5.74, 6) is -1.33. The summed E-state index contributed by atoms with van der Waals surface area (Å²) < 4.78 is 18.9. The van der Waals surface area contributed by atoms with Gasteiger partial charge in [-0.05, 0) is 30.3 Å². The van der Waals surface area contributed by atoms with Crippen molar-refractivity contribution in [2.75, 3.05) is 17.2 Å². The number of rotatable bonds is 5. The molecule has 0 radical (unpaired) electrons. The van der Waals surface area contributed by atoms with Gasteiger partial charge in [-0.3, -0.25) is 14.4 Å². The van der Waals surface area contributed by atoms with E-state index in [1.54, 1.807) is 17.0 Å². The smallest absolute Gasteiger partial charge is 0.229 e. The first-order valence-electron chi connectivity index (χ1n) is 8.10. The average molecular weight is 359 g/mol. The van der Waals surface area contributed by atoms with Gasteiger partial charge >= 0.3 is 0 Å². The van der Waals surface area contributed by atoms with E-state index in [-0.39, 0.29) is 30.5 Å². The van der Waals surface area contributed by atoms with Crippen LogP contribution in [0.5, 0.6) is 0 Å². The van der Waals surface area contributed by atoms with Crippen LogP contribution in [0.4, 0.5) is 15.8 Å². The topological polar surface area (TPSA) is 91.7 Å². The van der Waals surface area contributed by atoms with Crippen molar-refractivity contribution < 1.29 is 23.2 Å². The average Bonchev–Trinajstić information content (AvgIpc) is 3.21. The number of hydrogen-bond acceptors (Lipinski definition) is 4. The Labute approximate surface area is 149 Å². The molecule has 3 amide bonds. The number of likely N-dealkylation sites (tertiary alicyclic amines) is 1. The number of carbonyl (C=O) groups is 3. The third-order valence-corrected chi connectivity index (χ3v) is 4.06. The lowest BCUT2D eigenvalue weighted by Crippen LogP contribution is -2.28. The molecule has 1 unspecified atom stereocenters. The molecular formula is C18H18FN3O4. The van der Waals surface area contributed by atoms with Crippen LogP contribution < -0.4 is 10.6 Å². The lowest BCUT2D eigenvalue weighted by atomic mass is 10.1. The summed E-state index contributed by atoms with van der Waals surface area (Å²) in [6.07, 6.45) is 1.63. The van der Waals surface area contributed by atoms with Crippen molar-refractivity contribution in [1.82, 2.24) is 4.90 Å². The molecule has 136 valence electrons. The van der Waals surface area contributed by atoms with Crippen LogP contribution in [-0.2, 0) is 20.9 Å². The predicted molar refractivity (Wildman–Crippen MR) is 91.6 cm³/mol. The first-order chi connectivity index (χ1) is 12.4. The maximum absolute atomic E-state index is 13.7. The zero-order valence-electron chi connectivity index (χ0n) is 14.1. The van der Waals surface area contributed by atoms with Gasteiger partial charge in [0.25, 0.3) is 0 Å². The molecule has 2 aromatic rings. The molecule has 26 heavy (non-hydrogen) atoms. The maximum Gasteiger partial charge on any atom is 0.229 e. The van der Waals surface area contributed by atoms with Crippen LogP contribution in [0, 0.1) is 11.7 Å². The van der Waals surface area contributed by atoms with E-state index in [0.29, 0.717) is 18.0 Å². The number of benzene rings is 1. The van der Waals surface area contributed by atoms with Gasteiger partial charge in [-0.1, -0.05) is 0 Å². The zero-order valence-corrected chi connectivity index (χ0v) is 14.1. The summed E-state index contributed by atoms with van der Waals surface area (Å²) in [6.45, 7) is 1.87. The minimum absolute atomic E-state index is 0.0164. The van der Waals surface area contributed by atoms with Crippen molar-refractivity contribution in [3.05, 3.63) is 48.2 Å². The fraction of sp³-hybridized carbons (Fsp3) is 0.278. The quantitative estimate of drug-likeness (QED) is 0.857. The van der Waals surface area contributed by atoms with Gasteiger partial charge < -0.3 is 20.0 Å². The highest BCUT2D eigenvalue weighted by atomic mass is 19.1.